The Morgan fingerprint density at radius 1 is 1.30 bits per heavy atom. The van der Waals surface area contributed by atoms with Crippen molar-refractivity contribution in [2.24, 2.45) is 0 Å². The Labute approximate surface area is 185 Å². The first-order chi connectivity index (χ1) is 14.2. The van der Waals surface area contributed by atoms with Gasteiger partial charge < -0.3 is 10.2 Å². The van der Waals surface area contributed by atoms with Crippen molar-refractivity contribution in [1.29, 1.82) is 0 Å². The van der Waals surface area contributed by atoms with Gasteiger partial charge in [0.2, 0.25) is 11.9 Å². The molecule has 1 amide bonds. The quantitative estimate of drug-likeness (QED) is 0.648. The van der Waals surface area contributed by atoms with Crippen molar-refractivity contribution >= 4 is 45.1 Å². The molecule has 0 saturated carbocycles. The van der Waals surface area contributed by atoms with Crippen LogP contribution in [0.1, 0.15) is 26.2 Å². The van der Waals surface area contributed by atoms with E-state index >= 15 is 0 Å². The third-order valence-electron chi connectivity index (χ3n) is 5.35. The van der Waals surface area contributed by atoms with E-state index in [0.717, 1.165) is 37.6 Å². The largest absolute Gasteiger partial charge is 0.349 e. The zero-order valence-electron chi connectivity index (χ0n) is 16.7. The molecule has 4 rings (SSSR count). The molecule has 1 N–H and O–H groups in total. The van der Waals surface area contributed by atoms with Crippen LogP contribution in [0.3, 0.4) is 0 Å². The van der Waals surface area contributed by atoms with Gasteiger partial charge >= 0.3 is 0 Å². The minimum absolute atomic E-state index is 0.0196. The fourth-order valence-electron chi connectivity index (χ4n) is 3.93. The summed E-state index contributed by atoms with van der Waals surface area (Å²) in [5.74, 6) is 0.733. The number of hydrogen-bond acceptors (Lipinski definition) is 7. The predicted octanol–water partition coefficient (Wildman–Crippen LogP) is 2.31. The molecule has 0 radical (unpaired) electrons. The Bertz CT molecular complexity index is 1050. The van der Waals surface area contributed by atoms with Crippen LogP contribution < -0.4 is 10.2 Å². The molecule has 2 fully saturated rings. The van der Waals surface area contributed by atoms with Gasteiger partial charge in [-0.3, -0.25) is 9.36 Å². The summed E-state index contributed by atoms with van der Waals surface area (Å²) in [6.07, 6.45) is 2.65. The first-order valence-electron chi connectivity index (χ1n) is 9.85. The maximum absolute atomic E-state index is 12.5. The van der Waals surface area contributed by atoms with E-state index in [1.807, 2.05) is 28.8 Å². The number of aromatic nitrogens is 3. The van der Waals surface area contributed by atoms with Gasteiger partial charge in [-0.1, -0.05) is 29.4 Å². The number of carbonyl (C=O) groups is 1. The lowest BCUT2D eigenvalue weighted by atomic mass is 10.0. The van der Waals surface area contributed by atoms with Crippen LogP contribution in [-0.2, 0) is 14.6 Å². The maximum atomic E-state index is 12.5. The molecule has 2 saturated heterocycles. The van der Waals surface area contributed by atoms with Crippen molar-refractivity contribution in [3.8, 4) is 5.69 Å². The van der Waals surface area contributed by atoms with Crippen molar-refractivity contribution in [2.45, 2.75) is 36.9 Å². The van der Waals surface area contributed by atoms with Crippen LogP contribution in [0.2, 0.25) is 5.02 Å². The molecular weight excluding hydrogens is 446 g/mol. The molecule has 162 valence electrons. The van der Waals surface area contributed by atoms with Crippen molar-refractivity contribution in [3.63, 3.8) is 0 Å². The van der Waals surface area contributed by atoms with Crippen LogP contribution in [0.5, 0.6) is 0 Å². The number of hydrogen-bond donors (Lipinski definition) is 1. The van der Waals surface area contributed by atoms with Crippen molar-refractivity contribution in [1.82, 2.24) is 20.1 Å². The smallest absolute Gasteiger partial charge is 0.232 e. The third-order valence-corrected chi connectivity index (χ3v) is 8.42. The highest BCUT2D eigenvalue weighted by Gasteiger charge is 2.39. The molecule has 2 aliphatic rings. The lowest BCUT2D eigenvalue weighted by Gasteiger charge is -2.23. The van der Waals surface area contributed by atoms with E-state index in [1.54, 1.807) is 6.92 Å². The second kappa shape index (κ2) is 8.39. The summed E-state index contributed by atoms with van der Waals surface area (Å²) in [6.45, 7) is 3.60. The molecular formula is C19H24ClN5O3S2. The van der Waals surface area contributed by atoms with Crippen LogP contribution in [0.25, 0.3) is 5.69 Å². The summed E-state index contributed by atoms with van der Waals surface area (Å²) in [5, 5.41) is 12.8. The van der Waals surface area contributed by atoms with Gasteiger partial charge in [-0.15, -0.1) is 10.2 Å². The number of halogens is 1. The third kappa shape index (κ3) is 4.76. The standard InChI is InChI=1S/C19H24ClN5O3S2/c1-19(7-10-30(27,28)13-19)21-16(26)12-29-18-23-22-17(24-8-2-3-9-24)25(18)15-6-4-5-14(20)11-15/h4-6,11H,2-3,7-10,12-13H2,1H3,(H,21,26). The lowest BCUT2D eigenvalue weighted by molar-refractivity contribution is -0.120. The van der Waals surface area contributed by atoms with Crippen LogP contribution in [-0.4, -0.2) is 65.0 Å². The fraction of sp³-hybridized carbons (Fsp3) is 0.526. The minimum Gasteiger partial charge on any atom is -0.349 e. The van der Waals surface area contributed by atoms with Crippen LogP contribution in [0, 0.1) is 0 Å². The average Bonchev–Trinajstić information content (AvgIpc) is 3.38. The summed E-state index contributed by atoms with van der Waals surface area (Å²) >= 11 is 7.47. The minimum atomic E-state index is -3.09. The monoisotopic (exact) mass is 469 g/mol. The van der Waals surface area contributed by atoms with E-state index in [4.69, 9.17) is 11.6 Å². The second-order valence-electron chi connectivity index (χ2n) is 8.03. The Hall–Kier alpha value is -1.78. The predicted molar refractivity (Wildman–Crippen MR) is 118 cm³/mol. The van der Waals surface area contributed by atoms with Gasteiger partial charge in [-0.25, -0.2) is 8.42 Å². The highest BCUT2D eigenvalue weighted by atomic mass is 35.5. The molecule has 1 unspecified atom stereocenters. The van der Waals surface area contributed by atoms with E-state index < -0.39 is 15.4 Å². The Kier molecular flexibility index (Phi) is 6.00. The first-order valence-corrected chi connectivity index (χ1v) is 13.0. The molecule has 0 aliphatic carbocycles. The molecule has 1 aromatic heterocycles. The summed E-state index contributed by atoms with van der Waals surface area (Å²) in [6, 6.07) is 7.46. The topological polar surface area (TPSA) is 97.2 Å². The number of benzene rings is 1. The zero-order valence-corrected chi connectivity index (χ0v) is 19.1. The number of sulfone groups is 1. The van der Waals surface area contributed by atoms with E-state index in [9.17, 15) is 13.2 Å². The van der Waals surface area contributed by atoms with E-state index in [-0.39, 0.29) is 23.2 Å². The van der Waals surface area contributed by atoms with Gasteiger partial charge in [-0.05, 0) is 44.4 Å². The molecule has 11 heteroatoms. The van der Waals surface area contributed by atoms with E-state index in [1.165, 1.54) is 11.8 Å². The Balaban J connectivity index is 1.52. The number of nitrogens with zero attached hydrogens (tertiary/aromatic N) is 4. The average molecular weight is 470 g/mol. The summed E-state index contributed by atoms with van der Waals surface area (Å²) < 4.78 is 25.5. The molecule has 30 heavy (non-hydrogen) atoms. The van der Waals surface area contributed by atoms with Crippen molar-refractivity contribution in [3.05, 3.63) is 29.3 Å². The maximum Gasteiger partial charge on any atom is 0.232 e. The normalized spacial score (nSPS) is 23.1. The molecule has 0 spiro atoms. The Morgan fingerprint density at radius 2 is 2.07 bits per heavy atom. The first kappa shape index (κ1) is 21.5. The molecule has 2 aromatic rings. The van der Waals surface area contributed by atoms with Gasteiger partial charge in [-0.2, -0.15) is 0 Å². The van der Waals surface area contributed by atoms with Crippen molar-refractivity contribution < 1.29 is 13.2 Å². The van der Waals surface area contributed by atoms with Gasteiger partial charge in [0.25, 0.3) is 0 Å². The number of nitrogens with one attached hydrogen (secondary N) is 1. The van der Waals surface area contributed by atoms with E-state index in [2.05, 4.69) is 20.4 Å². The van der Waals surface area contributed by atoms with Crippen molar-refractivity contribution in [2.75, 3.05) is 35.2 Å². The molecule has 1 atom stereocenters. The van der Waals surface area contributed by atoms with Gasteiger partial charge in [0.15, 0.2) is 15.0 Å². The highest BCUT2D eigenvalue weighted by Crippen LogP contribution is 2.30. The summed E-state index contributed by atoms with van der Waals surface area (Å²) in [5.41, 5.74) is 0.129. The van der Waals surface area contributed by atoms with E-state index in [0.29, 0.717) is 16.6 Å². The number of amides is 1. The number of anilines is 1. The number of carbonyl (C=O) groups excluding carboxylic acids is 1. The lowest BCUT2D eigenvalue weighted by Crippen LogP contribution is -2.47. The molecule has 8 nitrogen and oxygen atoms in total. The fourth-order valence-corrected chi connectivity index (χ4v) is 6.96. The molecule has 2 aliphatic heterocycles. The zero-order chi connectivity index (χ0) is 21.4. The molecule has 1 aromatic carbocycles. The summed E-state index contributed by atoms with van der Waals surface area (Å²) in [4.78, 5) is 14.7. The highest BCUT2D eigenvalue weighted by molar-refractivity contribution is 7.99. The van der Waals surface area contributed by atoms with Gasteiger partial charge in [0.05, 0.1) is 28.5 Å². The SMILES string of the molecule is CC1(NC(=O)CSc2nnc(N3CCCC3)n2-c2cccc(Cl)c2)CCS(=O)(=O)C1. The summed E-state index contributed by atoms with van der Waals surface area (Å²) in [7, 11) is -3.09. The number of rotatable bonds is 6. The second-order valence-corrected chi connectivity index (χ2v) is 11.6. The van der Waals surface area contributed by atoms with Gasteiger partial charge in [0.1, 0.15) is 0 Å². The molecule has 0 bridgehead atoms. The molecule has 3 heterocycles. The number of thioether (sulfide) groups is 1. The van der Waals surface area contributed by atoms with Crippen LogP contribution in [0.4, 0.5) is 5.95 Å². The van der Waals surface area contributed by atoms with Crippen LogP contribution >= 0.6 is 23.4 Å². The van der Waals surface area contributed by atoms with Gasteiger partial charge in [0, 0.05) is 18.1 Å². The van der Waals surface area contributed by atoms with Crippen LogP contribution in [0.15, 0.2) is 29.4 Å². The Morgan fingerprint density at radius 3 is 2.73 bits per heavy atom.